The van der Waals surface area contributed by atoms with Gasteiger partial charge in [-0.15, -0.1) is 0 Å². The van der Waals surface area contributed by atoms with Crippen molar-refractivity contribution in [3.05, 3.63) is 60.1 Å². The third-order valence-electron chi connectivity index (χ3n) is 4.58. The topological polar surface area (TPSA) is 66.1 Å². The highest BCUT2D eigenvalue weighted by Gasteiger charge is 2.28. The Hall–Kier alpha value is -3.16. The molecule has 3 heterocycles. The van der Waals surface area contributed by atoms with Crippen molar-refractivity contribution in [3.8, 4) is 11.3 Å². The van der Waals surface area contributed by atoms with Crippen molar-refractivity contribution in [1.29, 1.82) is 5.41 Å². The number of hydrogen-bond acceptors (Lipinski definition) is 4. The van der Waals surface area contributed by atoms with Crippen LogP contribution in [0.1, 0.15) is 25.1 Å². The van der Waals surface area contributed by atoms with Gasteiger partial charge < -0.3 is 15.1 Å². The second-order valence-electron chi connectivity index (χ2n) is 7.53. The van der Waals surface area contributed by atoms with Gasteiger partial charge in [0.1, 0.15) is 11.5 Å². The van der Waals surface area contributed by atoms with Gasteiger partial charge in [-0.05, 0) is 25.1 Å². The molecule has 0 radical (unpaired) electrons. The molecule has 3 aromatic heterocycles. The maximum absolute atomic E-state index is 13.9. The number of aryl methyl sites for hydroxylation is 1. The second-order valence-corrected chi connectivity index (χ2v) is 7.53. The van der Waals surface area contributed by atoms with Crippen LogP contribution >= 0.6 is 0 Å². The van der Waals surface area contributed by atoms with Crippen LogP contribution in [0.2, 0.25) is 0 Å². The van der Waals surface area contributed by atoms with E-state index in [0.29, 0.717) is 28.0 Å². The fourth-order valence-electron chi connectivity index (χ4n) is 2.84. The summed E-state index contributed by atoms with van der Waals surface area (Å²) in [6.07, 6.45) is 4.81. The molecule has 0 saturated heterocycles. The van der Waals surface area contributed by atoms with Gasteiger partial charge in [-0.2, -0.15) is 0 Å². The predicted octanol–water partition coefficient (Wildman–Crippen LogP) is 4.72. The highest BCUT2D eigenvalue weighted by atomic mass is 19.3. The zero-order chi connectivity index (χ0) is 21.2. The number of rotatable bonds is 7. The van der Waals surface area contributed by atoms with Crippen LogP contribution in [0.4, 0.5) is 13.2 Å². The molecule has 0 atom stereocenters. The Morgan fingerprint density at radius 2 is 2.10 bits per heavy atom. The summed E-state index contributed by atoms with van der Waals surface area (Å²) in [5.41, 5.74) is 2.23. The summed E-state index contributed by atoms with van der Waals surface area (Å²) in [7, 11) is 0. The van der Waals surface area contributed by atoms with Crippen molar-refractivity contribution in [2.75, 3.05) is 6.54 Å². The molecule has 0 unspecified atom stereocenters. The standard InChI is InChI=1S/C21H22F3N5/c1-13-11-29-5-4-14(6-18(29)28-13)19-17(7-16(22)10-27-19)15(8-25)9-26-12-21(2,3)20(23)24/h4-11,20,25-26H,12H2,1-3H3/b15-9+,25-8?. The SMILES string of the molecule is Cc1cn2ccc(-c3ncc(F)cc3/C(C=N)=C/NCC(C)(C)C(F)F)cc2n1. The average molecular weight is 401 g/mol. The van der Waals surface area contributed by atoms with E-state index >= 15 is 0 Å². The van der Waals surface area contributed by atoms with E-state index in [9.17, 15) is 13.2 Å². The van der Waals surface area contributed by atoms with Crippen LogP contribution in [-0.4, -0.2) is 33.6 Å². The summed E-state index contributed by atoms with van der Waals surface area (Å²) in [6.45, 7) is 4.77. The molecule has 0 bridgehead atoms. The molecular formula is C21H22F3N5. The molecule has 29 heavy (non-hydrogen) atoms. The highest BCUT2D eigenvalue weighted by molar-refractivity contribution is 6.10. The monoisotopic (exact) mass is 401 g/mol. The number of halogens is 3. The first-order valence-corrected chi connectivity index (χ1v) is 9.05. The van der Waals surface area contributed by atoms with Gasteiger partial charge in [0.25, 0.3) is 0 Å². The van der Waals surface area contributed by atoms with E-state index in [2.05, 4.69) is 15.3 Å². The maximum Gasteiger partial charge on any atom is 0.245 e. The molecular weight excluding hydrogens is 379 g/mol. The fourth-order valence-corrected chi connectivity index (χ4v) is 2.84. The summed E-state index contributed by atoms with van der Waals surface area (Å²) in [6, 6.07) is 4.93. The van der Waals surface area contributed by atoms with E-state index in [4.69, 9.17) is 5.41 Å². The van der Waals surface area contributed by atoms with Crippen LogP contribution in [0, 0.1) is 23.6 Å². The van der Waals surface area contributed by atoms with Gasteiger partial charge in [0.05, 0.1) is 17.6 Å². The van der Waals surface area contributed by atoms with Crippen LogP contribution in [0.3, 0.4) is 0 Å². The zero-order valence-electron chi connectivity index (χ0n) is 16.4. The molecule has 0 aliphatic rings. The van der Waals surface area contributed by atoms with Crippen molar-refractivity contribution >= 4 is 17.4 Å². The number of pyridine rings is 2. The maximum atomic E-state index is 13.9. The molecule has 5 nitrogen and oxygen atoms in total. The number of alkyl halides is 2. The molecule has 0 amide bonds. The third-order valence-corrected chi connectivity index (χ3v) is 4.58. The summed E-state index contributed by atoms with van der Waals surface area (Å²) < 4.78 is 41.9. The van der Waals surface area contributed by atoms with E-state index in [1.54, 1.807) is 0 Å². The number of fused-ring (bicyclic) bond motifs is 1. The Labute approximate surface area is 166 Å². The summed E-state index contributed by atoms with van der Waals surface area (Å²) in [5, 5.41) is 10.6. The van der Waals surface area contributed by atoms with Gasteiger partial charge in [-0.1, -0.05) is 13.8 Å². The lowest BCUT2D eigenvalue weighted by molar-refractivity contribution is 0.0222. The van der Waals surface area contributed by atoms with Crippen molar-refractivity contribution in [2.24, 2.45) is 5.41 Å². The lowest BCUT2D eigenvalue weighted by Crippen LogP contribution is -2.32. The first-order chi connectivity index (χ1) is 13.7. The van der Waals surface area contributed by atoms with Crippen LogP contribution in [0.5, 0.6) is 0 Å². The Morgan fingerprint density at radius 1 is 1.34 bits per heavy atom. The van der Waals surface area contributed by atoms with E-state index < -0.39 is 17.7 Å². The Kier molecular flexibility index (Phi) is 5.72. The molecule has 0 fully saturated rings. The second kappa shape index (κ2) is 8.06. The average Bonchev–Trinajstić information content (AvgIpc) is 3.04. The van der Waals surface area contributed by atoms with Crippen LogP contribution in [0.25, 0.3) is 22.5 Å². The summed E-state index contributed by atoms with van der Waals surface area (Å²) in [5.74, 6) is -0.554. The quantitative estimate of drug-likeness (QED) is 0.563. The van der Waals surface area contributed by atoms with E-state index in [1.807, 2.05) is 35.9 Å². The number of nitrogens with zero attached hydrogens (tertiary/aromatic N) is 3. The number of allylic oxidation sites excluding steroid dienone is 1. The number of aromatic nitrogens is 3. The molecule has 0 spiro atoms. The third kappa shape index (κ3) is 4.47. The molecule has 152 valence electrons. The van der Waals surface area contributed by atoms with Crippen LogP contribution < -0.4 is 5.32 Å². The van der Waals surface area contributed by atoms with Crippen LogP contribution in [-0.2, 0) is 0 Å². The molecule has 3 rings (SSSR count). The van der Waals surface area contributed by atoms with E-state index in [0.717, 1.165) is 18.1 Å². The molecule has 0 aliphatic carbocycles. The van der Waals surface area contributed by atoms with Gasteiger partial charge in [0.15, 0.2) is 0 Å². The predicted molar refractivity (Wildman–Crippen MR) is 108 cm³/mol. The van der Waals surface area contributed by atoms with Gasteiger partial charge in [0, 0.05) is 53.5 Å². The minimum atomic E-state index is -2.50. The number of hydrogen-bond donors (Lipinski definition) is 2. The van der Waals surface area contributed by atoms with Crippen molar-refractivity contribution in [2.45, 2.75) is 27.2 Å². The normalized spacial score (nSPS) is 12.6. The van der Waals surface area contributed by atoms with Crippen molar-refractivity contribution < 1.29 is 13.2 Å². The first-order valence-electron chi connectivity index (χ1n) is 9.05. The molecule has 0 aliphatic heterocycles. The van der Waals surface area contributed by atoms with Gasteiger partial charge in [-0.3, -0.25) is 4.98 Å². The zero-order valence-corrected chi connectivity index (χ0v) is 16.4. The lowest BCUT2D eigenvalue weighted by Gasteiger charge is -2.23. The van der Waals surface area contributed by atoms with Crippen LogP contribution in [0.15, 0.2) is 43.0 Å². The fraction of sp³-hybridized carbons (Fsp3) is 0.286. The lowest BCUT2D eigenvalue weighted by atomic mass is 9.94. The molecule has 0 saturated carbocycles. The van der Waals surface area contributed by atoms with Gasteiger partial charge in [0.2, 0.25) is 6.43 Å². The Bertz CT molecular complexity index is 1070. The van der Waals surface area contributed by atoms with Crippen molar-refractivity contribution in [1.82, 2.24) is 19.7 Å². The molecule has 8 heteroatoms. The van der Waals surface area contributed by atoms with Gasteiger partial charge in [-0.25, -0.2) is 18.2 Å². The molecule has 3 aromatic rings. The highest BCUT2D eigenvalue weighted by Crippen LogP contribution is 2.28. The molecule has 2 N–H and O–H groups in total. The smallest absolute Gasteiger partial charge is 0.245 e. The largest absolute Gasteiger partial charge is 0.390 e. The number of imidazole rings is 1. The van der Waals surface area contributed by atoms with E-state index in [1.165, 1.54) is 26.1 Å². The van der Waals surface area contributed by atoms with E-state index in [-0.39, 0.29) is 6.54 Å². The molecule has 0 aromatic carbocycles. The number of nitrogens with one attached hydrogen (secondary N) is 2. The van der Waals surface area contributed by atoms with Gasteiger partial charge >= 0.3 is 0 Å². The Balaban J connectivity index is 2.00. The Morgan fingerprint density at radius 3 is 2.79 bits per heavy atom. The summed E-state index contributed by atoms with van der Waals surface area (Å²) >= 11 is 0. The first kappa shape index (κ1) is 20.6. The van der Waals surface area contributed by atoms with Crippen molar-refractivity contribution in [3.63, 3.8) is 0 Å². The minimum absolute atomic E-state index is 0.000600. The summed E-state index contributed by atoms with van der Waals surface area (Å²) in [4.78, 5) is 8.63. The minimum Gasteiger partial charge on any atom is -0.390 e.